The lowest BCUT2D eigenvalue weighted by atomic mass is 9.99. The van der Waals surface area contributed by atoms with Gasteiger partial charge in [0.1, 0.15) is 12.7 Å². The third-order valence-electron chi connectivity index (χ3n) is 4.61. The Morgan fingerprint density at radius 3 is 2.64 bits per heavy atom. The summed E-state index contributed by atoms with van der Waals surface area (Å²) in [6.07, 6.45) is 3.48. The van der Waals surface area contributed by atoms with Crippen molar-refractivity contribution in [3.05, 3.63) is 76.8 Å². The number of hydrogen-bond donors (Lipinski definition) is 2. The van der Waals surface area contributed by atoms with Crippen LogP contribution in [0.25, 0.3) is 5.69 Å². The number of rotatable bonds is 8. The summed E-state index contributed by atoms with van der Waals surface area (Å²) in [5.74, 6) is -1.89. The Balaban J connectivity index is 1.61. The van der Waals surface area contributed by atoms with Crippen LogP contribution in [0.2, 0.25) is 5.02 Å². The number of nitrogens with zero attached hydrogens (tertiary/aromatic N) is 3. The van der Waals surface area contributed by atoms with Crippen LogP contribution >= 0.6 is 11.6 Å². The fourth-order valence-electron chi connectivity index (χ4n) is 3.01. The van der Waals surface area contributed by atoms with Crippen molar-refractivity contribution in [3.8, 4) is 5.69 Å². The molecule has 1 aromatic heterocycles. The number of aromatic nitrogens is 3. The van der Waals surface area contributed by atoms with Crippen molar-refractivity contribution in [1.82, 2.24) is 20.1 Å². The van der Waals surface area contributed by atoms with E-state index in [1.807, 2.05) is 25.1 Å². The molecular weight excluding hydrogens is 386 g/mol. The molecule has 2 N–H and O–H groups in total. The summed E-state index contributed by atoms with van der Waals surface area (Å²) >= 11 is 6.42. The predicted molar refractivity (Wildman–Crippen MR) is 103 cm³/mol. The maximum absolute atomic E-state index is 13.4. The molecule has 2 unspecified atom stereocenters. The van der Waals surface area contributed by atoms with Gasteiger partial charge in [0, 0.05) is 24.2 Å². The van der Waals surface area contributed by atoms with Crippen LogP contribution in [0, 0.1) is 17.6 Å². The summed E-state index contributed by atoms with van der Waals surface area (Å²) in [6, 6.07) is 9.38. The van der Waals surface area contributed by atoms with Crippen molar-refractivity contribution in [2.45, 2.75) is 19.4 Å². The number of benzene rings is 2. The SMILES string of the molecule is CC(NCC(CO)Cc1ccc(F)c(F)c1)c1ccc(-n2cncn2)cc1Cl. The molecule has 0 radical (unpaired) electrons. The van der Waals surface area contributed by atoms with Gasteiger partial charge in [0.15, 0.2) is 11.6 Å². The molecule has 3 rings (SSSR count). The Kier molecular flexibility index (Phi) is 6.72. The first-order valence-electron chi connectivity index (χ1n) is 8.90. The van der Waals surface area contributed by atoms with Crippen molar-refractivity contribution in [3.63, 3.8) is 0 Å². The Hall–Kier alpha value is -2.35. The van der Waals surface area contributed by atoms with Crippen molar-refractivity contribution >= 4 is 11.6 Å². The van der Waals surface area contributed by atoms with Gasteiger partial charge in [-0.25, -0.2) is 18.4 Å². The molecular formula is C20H21ClF2N4O. The van der Waals surface area contributed by atoms with Gasteiger partial charge < -0.3 is 10.4 Å². The van der Waals surface area contributed by atoms with Gasteiger partial charge in [-0.2, -0.15) is 5.10 Å². The van der Waals surface area contributed by atoms with Crippen molar-refractivity contribution in [2.24, 2.45) is 5.92 Å². The summed E-state index contributed by atoms with van der Waals surface area (Å²) in [5.41, 5.74) is 2.36. The quantitative estimate of drug-likeness (QED) is 0.598. The van der Waals surface area contributed by atoms with Crippen LogP contribution in [0.5, 0.6) is 0 Å². The number of hydrogen-bond acceptors (Lipinski definition) is 4. The van der Waals surface area contributed by atoms with Gasteiger partial charge >= 0.3 is 0 Å². The van der Waals surface area contributed by atoms with Crippen LogP contribution in [0.1, 0.15) is 24.1 Å². The molecule has 1 heterocycles. The van der Waals surface area contributed by atoms with Gasteiger partial charge in [-0.05, 0) is 54.7 Å². The van der Waals surface area contributed by atoms with Crippen LogP contribution in [-0.2, 0) is 6.42 Å². The Bertz CT molecular complexity index is 921. The second kappa shape index (κ2) is 9.23. The minimum absolute atomic E-state index is 0.0590. The highest BCUT2D eigenvalue weighted by Gasteiger charge is 2.15. The summed E-state index contributed by atoms with van der Waals surface area (Å²) in [6.45, 7) is 2.40. The zero-order valence-electron chi connectivity index (χ0n) is 15.3. The number of halogens is 3. The van der Waals surface area contributed by atoms with Crippen molar-refractivity contribution in [2.75, 3.05) is 13.2 Å². The molecule has 0 aliphatic carbocycles. The Morgan fingerprint density at radius 2 is 2.00 bits per heavy atom. The van der Waals surface area contributed by atoms with Gasteiger partial charge in [-0.3, -0.25) is 0 Å². The van der Waals surface area contributed by atoms with Gasteiger partial charge in [-0.1, -0.05) is 23.7 Å². The molecule has 8 heteroatoms. The van der Waals surface area contributed by atoms with E-state index in [4.69, 9.17) is 11.6 Å². The molecule has 3 aromatic rings. The van der Waals surface area contributed by atoms with Crippen LogP contribution in [0.15, 0.2) is 49.1 Å². The second-order valence-electron chi connectivity index (χ2n) is 6.68. The fraction of sp³-hybridized carbons (Fsp3) is 0.300. The van der Waals surface area contributed by atoms with Crippen molar-refractivity contribution in [1.29, 1.82) is 0 Å². The highest BCUT2D eigenvalue weighted by atomic mass is 35.5. The molecule has 0 fully saturated rings. The van der Waals surface area contributed by atoms with E-state index in [1.54, 1.807) is 11.0 Å². The van der Waals surface area contributed by atoms with Crippen LogP contribution in [-0.4, -0.2) is 33.0 Å². The number of aliphatic hydroxyl groups is 1. The van der Waals surface area contributed by atoms with E-state index in [0.29, 0.717) is 23.6 Å². The van der Waals surface area contributed by atoms with Crippen LogP contribution in [0.4, 0.5) is 8.78 Å². The molecule has 0 aliphatic rings. The maximum Gasteiger partial charge on any atom is 0.159 e. The summed E-state index contributed by atoms with van der Waals surface area (Å²) in [7, 11) is 0. The standard InChI is InChI=1S/C20H21ClF2N4O/c1-13(17-4-3-16(8-18(17)21)27-12-24-11-26-27)25-9-15(10-28)6-14-2-5-19(22)20(23)7-14/h2-5,7-8,11-13,15,25,28H,6,9-10H2,1H3. The molecule has 0 spiro atoms. The van der Waals surface area contributed by atoms with Gasteiger partial charge in [0.2, 0.25) is 0 Å². The predicted octanol–water partition coefficient (Wildman–Crippen LogP) is 3.70. The first-order chi connectivity index (χ1) is 13.5. The first kappa shape index (κ1) is 20.4. The lowest BCUT2D eigenvalue weighted by molar-refractivity contribution is 0.218. The molecule has 0 saturated carbocycles. The fourth-order valence-corrected chi connectivity index (χ4v) is 3.34. The van der Waals surface area contributed by atoms with E-state index in [9.17, 15) is 13.9 Å². The Labute approximate surface area is 167 Å². The van der Waals surface area contributed by atoms with Crippen LogP contribution in [0.3, 0.4) is 0 Å². The average Bonchev–Trinajstić information content (AvgIpc) is 3.22. The number of nitrogens with one attached hydrogen (secondary N) is 1. The molecule has 0 bridgehead atoms. The molecule has 148 valence electrons. The monoisotopic (exact) mass is 406 g/mol. The first-order valence-corrected chi connectivity index (χ1v) is 9.28. The minimum atomic E-state index is -0.880. The van der Waals surface area contributed by atoms with E-state index >= 15 is 0 Å². The zero-order valence-corrected chi connectivity index (χ0v) is 16.1. The average molecular weight is 407 g/mol. The third kappa shape index (κ3) is 4.92. The van der Waals surface area contributed by atoms with E-state index in [0.717, 1.165) is 17.3 Å². The maximum atomic E-state index is 13.4. The van der Waals surface area contributed by atoms with Gasteiger partial charge in [0.25, 0.3) is 0 Å². The highest BCUT2D eigenvalue weighted by molar-refractivity contribution is 6.31. The van der Waals surface area contributed by atoms with Gasteiger partial charge in [0.05, 0.1) is 5.69 Å². The molecule has 2 atom stereocenters. The molecule has 2 aromatic carbocycles. The van der Waals surface area contributed by atoms with Crippen molar-refractivity contribution < 1.29 is 13.9 Å². The molecule has 28 heavy (non-hydrogen) atoms. The molecule has 0 aliphatic heterocycles. The minimum Gasteiger partial charge on any atom is -0.396 e. The smallest absolute Gasteiger partial charge is 0.159 e. The van der Waals surface area contributed by atoms with Crippen LogP contribution < -0.4 is 5.32 Å². The van der Waals surface area contributed by atoms with Gasteiger partial charge in [-0.15, -0.1) is 0 Å². The molecule has 5 nitrogen and oxygen atoms in total. The molecule has 0 amide bonds. The highest BCUT2D eigenvalue weighted by Crippen LogP contribution is 2.25. The lowest BCUT2D eigenvalue weighted by Crippen LogP contribution is -2.29. The third-order valence-corrected chi connectivity index (χ3v) is 4.94. The molecule has 0 saturated heterocycles. The largest absolute Gasteiger partial charge is 0.396 e. The Morgan fingerprint density at radius 1 is 1.18 bits per heavy atom. The van der Waals surface area contributed by atoms with E-state index in [-0.39, 0.29) is 18.6 Å². The van der Waals surface area contributed by atoms with E-state index in [1.165, 1.54) is 18.5 Å². The number of aliphatic hydroxyl groups excluding tert-OH is 1. The zero-order chi connectivity index (χ0) is 20.1. The normalized spacial score (nSPS) is 13.5. The summed E-state index contributed by atoms with van der Waals surface area (Å²) in [4.78, 5) is 3.92. The van der Waals surface area contributed by atoms with E-state index < -0.39 is 11.6 Å². The summed E-state index contributed by atoms with van der Waals surface area (Å²) < 4.78 is 28.1. The van der Waals surface area contributed by atoms with E-state index in [2.05, 4.69) is 15.4 Å². The summed E-state index contributed by atoms with van der Waals surface area (Å²) in [5, 5.41) is 17.7. The second-order valence-corrected chi connectivity index (χ2v) is 7.08. The lowest BCUT2D eigenvalue weighted by Gasteiger charge is -2.21. The topological polar surface area (TPSA) is 63.0 Å².